The molecule has 5 rings (SSSR count). The standard InChI is InChI=1S/C23H24N6O4/c1-15-21(16-4-8-19(9-5-16)33-14-20(30)31)24-23-25-26-27-29(23)22(15)17-2-6-18(7-3-17)28-10-12-32-13-11-28/h2-9,22H,10-14H2,1H3,(H,30,31)(H,24,25,27). The van der Waals surface area contributed by atoms with E-state index < -0.39 is 5.97 Å². The van der Waals surface area contributed by atoms with E-state index >= 15 is 0 Å². The number of nitrogens with zero attached hydrogens (tertiary/aromatic N) is 5. The van der Waals surface area contributed by atoms with Crippen LogP contribution < -0.4 is 15.0 Å². The molecule has 1 fully saturated rings. The van der Waals surface area contributed by atoms with Gasteiger partial charge in [0.2, 0.25) is 5.95 Å². The Morgan fingerprint density at radius 1 is 1.15 bits per heavy atom. The van der Waals surface area contributed by atoms with Crippen molar-refractivity contribution in [1.82, 2.24) is 20.2 Å². The molecule has 1 atom stereocenters. The van der Waals surface area contributed by atoms with Crippen LogP contribution in [0.2, 0.25) is 0 Å². The molecule has 10 nitrogen and oxygen atoms in total. The van der Waals surface area contributed by atoms with Gasteiger partial charge in [-0.2, -0.15) is 4.68 Å². The van der Waals surface area contributed by atoms with Crippen molar-refractivity contribution in [2.45, 2.75) is 13.0 Å². The zero-order chi connectivity index (χ0) is 22.8. The highest BCUT2D eigenvalue weighted by atomic mass is 16.5. The van der Waals surface area contributed by atoms with Gasteiger partial charge >= 0.3 is 5.97 Å². The molecular formula is C23H24N6O4. The van der Waals surface area contributed by atoms with Gasteiger partial charge in [-0.1, -0.05) is 17.2 Å². The highest BCUT2D eigenvalue weighted by Gasteiger charge is 2.29. The maximum absolute atomic E-state index is 10.7. The van der Waals surface area contributed by atoms with Crippen LogP contribution in [0.5, 0.6) is 5.75 Å². The summed E-state index contributed by atoms with van der Waals surface area (Å²) in [5.74, 6) is 0.0419. The fourth-order valence-corrected chi connectivity index (χ4v) is 4.22. The van der Waals surface area contributed by atoms with Gasteiger partial charge in [-0.25, -0.2) is 4.79 Å². The highest BCUT2D eigenvalue weighted by Crippen LogP contribution is 2.38. The minimum Gasteiger partial charge on any atom is -0.482 e. The number of tetrazole rings is 1. The Morgan fingerprint density at radius 3 is 2.58 bits per heavy atom. The minimum atomic E-state index is -1.01. The minimum absolute atomic E-state index is 0.159. The molecule has 33 heavy (non-hydrogen) atoms. The van der Waals surface area contributed by atoms with Crippen LogP contribution in [0.25, 0.3) is 5.70 Å². The number of ether oxygens (including phenoxy) is 2. The van der Waals surface area contributed by atoms with E-state index in [0.717, 1.165) is 48.7 Å². The number of carbonyl (C=O) groups is 1. The number of rotatable bonds is 6. The average molecular weight is 448 g/mol. The quantitative estimate of drug-likeness (QED) is 0.587. The van der Waals surface area contributed by atoms with Crippen LogP contribution in [0.3, 0.4) is 0 Å². The molecule has 0 radical (unpaired) electrons. The van der Waals surface area contributed by atoms with Crippen molar-refractivity contribution in [3.05, 3.63) is 65.2 Å². The number of benzene rings is 2. The molecule has 170 valence electrons. The van der Waals surface area contributed by atoms with Crippen LogP contribution in [0, 0.1) is 0 Å². The summed E-state index contributed by atoms with van der Waals surface area (Å²) >= 11 is 0. The lowest BCUT2D eigenvalue weighted by Crippen LogP contribution is -2.36. The zero-order valence-corrected chi connectivity index (χ0v) is 18.1. The SMILES string of the molecule is CC1=C(c2ccc(OCC(=O)O)cc2)Nc2nnnn2C1c1ccc(N2CCOCC2)cc1. The molecule has 2 aromatic carbocycles. The summed E-state index contributed by atoms with van der Waals surface area (Å²) in [5.41, 5.74) is 5.15. The third-order valence-electron chi connectivity index (χ3n) is 5.87. The molecule has 0 bridgehead atoms. The molecule has 1 unspecified atom stereocenters. The van der Waals surface area contributed by atoms with Crippen LogP contribution in [0.1, 0.15) is 24.1 Å². The molecular weight excluding hydrogens is 424 g/mol. The summed E-state index contributed by atoms with van der Waals surface area (Å²) < 4.78 is 12.5. The predicted molar refractivity (Wildman–Crippen MR) is 121 cm³/mol. The predicted octanol–water partition coefficient (Wildman–Crippen LogP) is 2.42. The lowest BCUT2D eigenvalue weighted by molar-refractivity contribution is -0.139. The second kappa shape index (κ2) is 8.91. The number of aliphatic carboxylic acids is 1. The number of anilines is 2. The third-order valence-corrected chi connectivity index (χ3v) is 5.87. The van der Waals surface area contributed by atoms with Gasteiger partial charge in [0.15, 0.2) is 6.61 Å². The first-order valence-electron chi connectivity index (χ1n) is 10.7. The Morgan fingerprint density at radius 2 is 1.88 bits per heavy atom. The Hall–Kier alpha value is -3.92. The molecule has 1 saturated heterocycles. The number of allylic oxidation sites excluding steroid dienone is 1. The van der Waals surface area contributed by atoms with Crippen molar-refractivity contribution < 1.29 is 19.4 Å². The maximum atomic E-state index is 10.7. The lowest BCUT2D eigenvalue weighted by atomic mass is 9.94. The third kappa shape index (κ3) is 4.24. The van der Waals surface area contributed by atoms with Gasteiger partial charge in [0.1, 0.15) is 11.8 Å². The van der Waals surface area contributed by atoms with E-state index in [2.05, 4.69) is 56.9 Å². The van der Waals surface area contributed by atoms with Crippen molar-refractivity contribution in [2.75, 3.05) is 43.1 Å². The average Bonchev–Trinajstić information content (AvgIpc) is 3.32. The number of nitrogens with one attached hydrogen (secondary N) is 1. The van der Waals surface area contributed by atoms with Crippen LogP contribution in [0.4, 0.5) is 11.6 Å². The second-order valence-corrected chi connectivity index (χ2v) is 7.93. The van der Waals surface area contributed by atoms with E-state index in [0.29, 0.717) is 11.7 Å². The van der Waals surface area contributed by atoms with Gasteiger partial charge in [-0.05, 0) is 70.4 Å². The van der Waals surface area contributed by atoms with Gasteiger partial charge in [0.05, 0.1) is 13.2 Å². The fraction of sp³-hybridized carbons (Fsp3) is 0.304. The Kier molecular flexibility index (Phi) is 5.66. The van der Waals surface area contributed by atoms with Crippen molar-refractivity contribution in [3.63, 3.8) is 0 Å². The first kappa shape index (κ1) is 21.0. The van der Waals surface area contributed by atoms with E-state index in [-0.39, 0.29) is 12.6 Å². The van der Waals surface area contributed by atoms with Gasteiger partial charge in [-0.15, -0.1) is 0 Å². The Bertz CT molecular complexity index is 1170. The van der Waals surface area contributed by atoms with Crippen molar-refractivity contribution in [2.24, 2.45) is 0 Å². The molecule has 0 spiro atoms. The van der Waals surface area contributed by atoms with Crippen LogP contribution in [-0.2, 0) is 9.53 Å². The number of fused-ring (bicyclic) bond motifs is 1. The fourth-order valence-electron chi connectivity index (χ4n) is 4.22. The molecule has 0 saturated carbocycles. The Balaban J connectivity index is 1.45. The number of carboxylic acids is 1. The van der Waals surface area contributed by atoms with Crippen molar-refractivity contribution in [1.29, 1.82) is 0 Å². The van der Waals surface area contributed by atoms with Gasteiger partial charge < -0.3 is 24.8 Å². The zero-order valence-electron chi connectivity index (χ0n) is 18.1. The van der Waals surface area contributed by atoms with E-state index in [4.69, 9.17) is 14.6 Å². The van der Waals surface area contributed by atoms with Crippen LogP contribution in [0.15, 0.2) is 54.1 Å². The molecule has 3 heterocycles. The summed E-state index contributed by atoms with van der Waals surface area (Å²) in [6, 6.07) is 15.6. The second-order valence-electron chi connectivity index (χ2n) is 7.93. The first-order valence-corrected chi connectivity index (χ1v) is 10.7. The van der Waals surface area contributed by atoms with E-state index in [1.807, 2.05) is 12.1 Å². The number of aromatic nitrogens is 4. The summed E-state index contributed by atoms with van der Waals surface area (Å²) in [7, 11) is 0. The van der Waals surface area contributed by atoms with E-state index in [9.17, 15) is 4.79 Å². The smallest absolute Gasteiger partial charge is 0.341 e. The normalized spacial score (nSPS) is 18.0. The maximum Gasteiger partial charge on any atom is 0.341 e. The molecule has 2 aliphatic heterocycles. The summed E-state index contributed by atoms with van der Waals surface area (Å²) in [5, 5.41) is 24.3. The monoisotopic (exact) mass is 448 g/mol. The van der Waals surface area contributed by atoms with Crippen molar-refractivity contribution in [3.8, 4) is 5.75 Å². The van der Waals surface area contributed by atoms with Gasteiger partial charge in [0.25, 0.3) is 0 Å². The number of morpholine rings is 1. The summed E-state index contributed by atoms with van der Waals surface area (Å²) in [6.45, 7) is 4.95. The first-order chi connectivity index (χ1) is 16.1. The number of hydrogen-bond acceptors (Lipinski definition) is 8. The Labute approximate surface area is 190 Å². The molecule has 10 heteroatoms. The lowest BCUT2D eigenvalue weighted by Gasteiger charge is -2.30. The van der Waals surface area contributed by atoms with Crippen LogP contribution in [-0.4, -0.2) is 64.2 Å². The summed E-state index contributed by atoms with van der Waals surface area (Å²) in [4.78, 5) is 13.1. The van der Waals surface area contributed by atoms with E-state index in [1.165, 1.54) is 5.69 Å². The molecule has 1 aromatic heterocycles. The molecule has 0 aliphatic carbocycles. The largest absolute Gasteiger partial charge is 0.482 e. The molecule has 2 aliphatic rings. The van der Waals surface area contributed by atoms with Crippen LogP contribution >= 0.6 is 0 Å². The molecule has 2 N–H and O–H groups in total. The summed E-state index contributed by atoms with van der Waals surface area (Å²) in [6.07, 6.45) is 0. The van der Waals surface area contributed by atoms with E-state index in [1.54, 1.807) is 16.8 Å². The number of carboxylic acid groups (broad SMARTS) is 1. The molecule has 3 aromatic rings. The number of hydrogen-bond donors (Lipinski definition) is 2. The topological polar surface area (TPSA) is 115 Å². The van der Waals surface area contributed by atoms with Gasteiger partial charge in [0, 0.05) is 24.5 Å². The highest BCUT2D eigenvalue weighted by molar-refractivity contribution is 5.80. The van der Waals surface area contributed by atoms with Crippen molar-refractivity contribution >= 4 is 23.3 Å². The van der Waals surface area contributed by atoms with Gasteiger partial charge in [-0.3, -0.25) is 0 Å². The molecule has 0 amide bonds.